The van der Waals surface area contributed by atoms with Crippen LogP contribution in [0.1, 0.15) is 47.3 Å². The van der Waals surface area contributed by atoms with Gasteiger partial charge < -0.3 is 14.5 Å². The largest absolute Gasteiger partial charge is 0.357 e. The lowest BCUT2D eigenvalue weighted by molar-refractivity contribution is 0.0698. The van der Waals surface area contributed by atoms with E-state index in [2.05, 4.69) is 19.7 Å². The lowest BCUT2D eigenvalue weighted by Crippen LogP contribution is -2.39. The molecule has 1 fully saturated rings. The fraction of sp³-hybridized carbons (Fsp3) is 0.533. The van der Waals surface area contributed by atoms with Crippen molar-refractivity contribution < 1.29 is 4.79 Å². The second kappa shape index (κ2) is 5.02. The number of piperidine rings is 1. The first-order valence-electron chi connectivity index (χ1n) is 7.67. The smallest absolute Gasteiger partial charge is 0.270 e. The Hall–Kier alpha value is -2.11. The van der Waals surface area contributed by atoms with Crippen LogP contribution in [0.15, 0.2) is 18.3 Å². The molecule has 1 N–H and O–H groups in total. The first-order chi connectivity index (χ1) is 10.3. The number of carbonyl (C=O) groups excluding carboxylic acids is 1. The Kier molecular flexibility index (Phi) is 3.02. The Labute approximate surface area is 123 Å². The van der Waals surface area contributed by atoms with E-state index >= 15 is 0 Å². The van der Waals surface area contributed by atoms with E-state index in [4.69, 9.17) is 0 Å². The van der Waals surface area contributed by atoms with Gasteiger partial charge in [0.2, 0.25) is 0 Å². The monoisotopic (exact) mass is 285 g/mol. The molecule has 0 saturated carbocycles. The molecule has 1 atom stereocenters. The molecular formula is C15H19N5O. The van der Waals surface area contributed by atoms with Crippen LogP contribution in [0.3, 0.4) is 0 Å². The molecular weight excluding hydrogens is 266 g/mol. The van der Waals surface area contributed by atoms with Crippen molar-refractivity contribution in [2.24, 2.45) is 0 Å². The van der Waals surface area contributed by atoms with E-state index in [1.165, 1.54) is 0 Å². The van der Waals surface area contributed by atoms with Gasteiger partial charge in [-0.05, 0) is 31.4 Å². The number of rotatable bonds is 2. The summed E-state index contributed by atoms with van der Waals surface area (Å²) in [6.45, 7) is 2.60. The summed E-state index contributed by atoms with van der Waals surface area (Å²) >= 11 is 0. The van der Waals surface area contributed by atoms with Gasteiger partial charge in [-0.3, -0.25) is 4.79 Å². The number of nitrogens with zero attached hydrogens (tertiary/aromatic N) is 4. The summed E-state index contributed by atoms with van der Waals surface area (Å²) in [5.74, 6) is 2.59. The lowest BCUT2D eigenvalue weighted by Gasteiger charge is -2.32. The molecule has 2 aromatic heterocycles. The van der Waals surface area contributed by atoms with Crippen molar-refractivity contribution in [1.29, 1.82) is 0 Å². The van der Waals surface area contributed by atoms with E-state index in [1.54, 1.807) is 6.20 Å². The van der Waals surface area contributed by atoms with Gasteiger partial charge in [0.1, 0.15) is 17.3 Å². The predicted molar refractivity (Wildman–Crippen MR) is 77.0 cm³/mol. The van der Waals surface area contributed by atoms with Gasteiger partial charge in [-0.2, -0.15) is 0 Å². The van der Waals surface area contributed by atoms with Crippen molar-refractivity contribution in [3.63, 3.8) is 0 Å². The van der Waals surface area contributed by atoms with Gasteiger partial charge in [0, 0.05) is 38.2 Å². The summed E-state index contributed by atoms with van der Waals surface area (Å²) < 4.78 is 2.26. The maximum absolute atomic E-state index is 12.5. The average Bonchev–Trinajstić information content (AvgIpc) is 3.23. The number of aryl methyl sites for hydroxylation is 1. The van der Waals surface area contributed by atoms with Crippen molar-refractivity contribution in [2.75, 3.05) is 13.1 Å². The first kappa shape index (κ1) is 12.6. The summed E-state index contributed by atoms with van der Waals surface area (Å²) in [6.07, 6.45) is 6.10. The van der Waals surface area contributed by atoms with Crippen molar-refractivity contribution in [1.82, 2.24) is 24.6 Å². The number of likely N-dealkylation sites (tertiary alicyclic amines) is 1. The highest BCUT2D eigenvalue weighted by Crippen LogP contribution is 2.28. The van der Waals surface area contributed by atoms with Crippen molar-refractivity contribution in [3.05, 3.63) is 35.7 Å². The molecule has 2 aliphatic heterocycles. The predicted octanol–water partition coefficient (Wildman–Crippen LogP) is 1.57. The van der Waals surface area contributed by atoms with Crippen molar-refractivity contribution in [2.45, 2.75) is 38.1 Å². The molecule has 6 nitrogen and oxygen atoms in total. The molecule has 110 valence electrons. The lowest BCUT2D eigenvalue weighted by atomic mass is 9.97. The van der Waals surface area contributed by atoms with E-state index in [0.29, 0.717) is 11.6 Å². The number of nitrogens with one attached hydrogen (secondary N) is 1. The van der Waals surface area contributed by atoms with E-state index in [0.717, 1.165) is 57.0 Å². The molecule has 4 rings (SSSR count). The molecule has 21 heavy (non-hydrogen) atoms. The van der Waals surface area contributed by atoms with E-state index in [1.807, 2.05) is 17.0 Å². The molecule has 0 radical (unpaired) electrons. The maximum atomic E-state index is 12.5. The quantitative estimate of drug-likeness (QED) is 0.911. The highest BCUT2D eigenvalue weighted by atomic mass is 16.2. The third-order valence-corrected chi connectivity index (χ3v) is 4.54. The van der Waals surface area contributed by atoms with Gasteiger partial charge in [0.15, 0.2) is 0 Å². The summed E-state index contributed by atoms with van der Waals surface area (Å²) in [7, 11) is 0. The molecule has 0 bridgehead atoms. The van der Waals surface area contributed by atoms with Gasteiger partial charge in [-0.15, -0.1) is 10.2 Å². The number of aromatic nitrogens is 4. The highest BCUT2D eigenvalue weighted by molar-refractivity contribution is 5.92. The number of carbonyl (C=O) groups is 1. The molecule has 2 aromatic rings. The van der Waals surface area contributed by atoms with Crippen LogP contribution in [0.2, 0.25) is 0 Å². The van der Waals surface area contributed by atoms with Gasteiger partial charge in [0.05, 0.1) is 0 Å². The molecule has 1 amide bonds. The van der Waals surface area contributed by atoms with Gasteiger partial charge >= 0.3 is 0 Å². The van der Waals surface area contributed by atoms with Crippen LogP contribution >= 0.6 is 0 Å². The minimum absolute atomic E-state index is 0.0888. The second-order valence-electron chi connectivity index (χ2n) is 5.90. The number of hydrogen-bond acceptors (Lipinski definition) is 3. The third-order valence-electron chi connectivity index (χ3n) is 4.54. The van der Waals surface area contributed by atoms with Crippen molar-refractivity contribution >= 4 is 5.91 Å². The number of H-pyrrole nitrogens is 1. The minimum atomic E-state index is 0.0888. The Morgan fingerprint density at radius 3 is 3.10 bits per heavy atom. The zero-order valence-electron chi connectivity index (χ0n) is 12.0. The fourth-order valence-electron chi connectivity index (χ4n) is 3.48. The van der Waals surface area contributed by atoms with Crippen LogP contribution in [0.4, 0.5) is 0 Å². The SMILES string of the molecule is O=C(c1ccc[nH]1)N1CCCC(c2nnc3n2CCC3)C1. The summed E-state index contributed by atoms with van der Waals surface area (Å²) in [5.41, 5.74) is 0.669. The number of aromatic amines is 1. The van der Waals surface area contributed by atoms with E-state index < -0.39 is 0 Å². The molecule has 2 aliphatic rings. The highest BCUT2D eigenvalue weighted by Gasteiger charge is 2.30. The average molecular weight is 285 g/mol. The van der Waals surface area contributed by atoms with Crippen molar-refractivity contribution in [3.8, 4) is 0 Å². The minimum Gasteiger partial charge on any atom is -0.357 e. The summed E-state index contributed by atoms with van der Waals surface area (Å²) in [4.78, 5) is 17.4. The van der Waals surface area contributed by atoms with Crippen LogP contribution in [-0.4, -0.2) is 43.6 Å². The third kappa shape index (κ3) is 2.14. The number of fused-ring (bicyclic) bond motifs is 1. The summed E-state index contributed by atoms with van der Waals surface area (Å²) in [6, 6.07) is 3.70. The molecule has 1 unspecified atom stereocenters. The molecule has 6 heteroatoms. The molecule has 1 saturated heterocycles. The number of hydrogen-bond donors (Lipinski definition) is 1. The van der Waals surface area contributed by atoms with Crippen LogP contribution in [-0.2, 0) is 13.0 Å². The molecule has 0 aromatic carbocycles. The zero-order chi connectivity index (χ0) is 14.2. The topological polar surface area (TPSA) is 66.8 Å². The number of amides is 1. The standard InChI is InChI=1S/C15H19N5O/c21-15(12-5-1-7-16-12)19-8-2-4-11(10-19)14-18-17-13-6-3-9-20(13)14/h1,5,7,11,16H,2-4,6,8-10H2. The Morgan fingerprint density at radius 1 is 1.29 bits per heavy atom. The van der Waals surface area contributed by atoms with Crippen LogP contribution < -0.4 is 0 Å². The first-order valence-corrected chi connectivity index (χ1v) is 7.67. The maximum Gasteiger partial charge on any atom is 0.270 e. The van der Waals surface area contributed by atoms with Gasteiger partial charge in [0.25, 0.3) is 5.91 Å². The normalized spacial score (nSPS) is 21.5. The van der Waals surface area contributed by atoms with Crippen LogP contribution in [0.25, 0.3) is 0 Å². The van der Waals surface area contributed by atoms with E-state index in [-0.39, 0.29) is 5.91 Å². The van der Waals surface area contributed by atoms with Crippen LogP contribution in [0, 0.1) is 0 Å². The molecule has 0 aliphatic carbocycles. The Morgan fingerprint density at radius 2 is 2.24 bits per heavy atom. The van der Waals surface area contributed by atoms with E-state index in [9.17, 15) is 4.79 Å². The Bertz CT molecular complexity index is 645. The summed E-state index contributed by atoms with van der Waals surface area (Å²) in [5, 5.41) is 8.68. The molecule has 0 spiro atoms. The Balaban J connectivity index is 1.54. The fourth-order valence-corrected chi connectivity index (χ4v) is 3.48. The van der Waals surface area contributed by atoms with Crippen LogP contribution in [0.5, 0.6) is 0 Å². The zero-order valence-corrected chi connectivity index (χ0v) is 12.0. The molecule has 4 heterocycles. The van der Waals surface area contributed by atoms with Gasteiger partial charge in [-0.25, -0.2) is 0 Å². The second-order valence-corrected chi connectivity index (χ2v) is 5.90. The van der Waals surface area contributed by atoms with Gasteiger partial charge in [-0.1, -0.05) is 0 Å².